The Bertz CT molecular complexity index is 706. The van der Waals surface area contributed by atoms with E-state index in [2.05, 4.69) is 29.0 Å². The number of furan rings is 1. The van der Waals surface area contributed by atoms with E-state index in [1.807, 2.05) is 24.3 Å². The van der Waals surface area contributed by atoms with Gasteiger partial charge in [0.1, 0.15) is 11.5 Å². The van der Waals surface area contributed by atoms with Crippen LogP contribution in [0, 0.1) is 0 Å². The van der Waals surface area contributed by atoms with Gasteiger partial charge in [0.05, 0.1) is 32.1 Å². The largest absolute Gasteiger partial charge is 0.497 e. The van der Waals surface area contributed by atoms with Crippen molar-refractivity contribution in [3.8, 4) is 5.75 Å². The van der Waals surface area contributed by atoms with Gasteiger partial charge in [-0.15, -0.1) is 0 Å². The summed E-state index contributed by atoms with van der Waals surface area (Å²) in [7, 11) is 3.88. The van der Waals surface area contributed by atoms with Crippen molar-refractivity contribution in [3.63, 3.8) is 0 Å². The Morgan fingerprint density at radius 1 is 1.19 bits per heavy atom. The van der Waals surface area contributed by atoms with Crippen molar-refractivity contribution in [3.05, 3.63) is 54.0 Å². The quantitative estimate of drug-likeness (QED) is 0.778. The van der Waals surface area contributed by atoms with Gasteiger partial charge < -0.3 is 13.9 Å². The molecule has 2 aliphatic heterocycles. The highest BCUT2D eigenvalue weighted by atomic mass is 16.5. The third-order valence-electron chi connectivity index (χ3n) is 6.13. The molecule has 0 aliphatic carbocycles. The van der Waals surface area contributed by atoms with Crippen molar-refractivity contribution in [2.45, 2.75) is 44.0 Å². The molecule has 2 saturated heterocycles. The molecule has 5 nitrogen and oxygen atoms in total. The maximum Gasteiger partial charge on any atom is 0.118 e. The van der Waals surface area contributed by atoms with Crippen LogP contribution in [0.15, 0.2) is 47.1 Å². The predicted octanol–water partition coefficient (Wildman–Crippen LogP) is 3.54. The zero-order valence-corrected chi connectivity index (χ0v) is 16.4. The van der Waals surface area contributed by atoms with E-state index in [9.17, 15) is 0 Å². The van der Waals surface area contributed by atoms with E-state index in [4.69, 9.17) is 13.9 Å². The van der Waals surface area contributed by atoms with Crippen LogP contribution in [0.25, 0.3) is 0 Å². The zero-order valence-electron chi connectivity index (χ0n) is 16.4. The Hall–Kier alpha value is -1.82. The van der Waals surface area contributed by atoms with E-state index in [1.165, 1.54) is 5.56 Å². The fraction of sp³-hybridized carbons (Fsp3) is 0.545. The molecule has 1 spiro atoms. The van der Waals surface area contributed by atoms with Gasteiger partial charge in [-0.05, 0) is 56.1 Å². The first kappa shape index (κ1) is 18.5. The van der Waals surface area contributed by atoms with Gasteiger partial charge in [0.2, 0.25) is 0 Å². The molecule has 1 unspecified atom stereocenters. The van der Waals surface area contributed by atoms with Crippen molar-refractivity contribution in [1.29, 1.82) is 0 Å². The van der Waals surface area contributed by atoms with Crippen LogP contribution in [0.3, 0.4) is 0 Å². The third kappa shape index (κ3) is 4.37. The summed E-state index contributed by atoms with van der Waals surface area (Å²) < 4.78 is 17.1. The van der Waals surface area contributed by atoms with Crippen LogP contribution < -0.4 is 4.74 Å². The number of likely N-dealkylation sites (N-methyl/N-ethyl adjacent to an activating group) is 1. The van der Waals surface area contributed by atoms with Gasteiger partial charge in [0, 0.05) is 25.7 Å². The number of benzene rings is 1. The van der Waals surface area contributed by atoms with Gasteiger partial charge in [0.25, 0.3) is 0 Å². The molecule has 0 bridgehead atoms. The number of likely N-dealkylation sites (tertiary alicyclic amines) is 1. The second-order valence-corrected chi connectivity index (χ2v) is 7.97. The van der Waals surface area contributed by atoms with Gasteiger partial charge in [0.15, 0.2) is 0 Å². The highest BCUT2D eigenvalue weighted by Gasteiger charge is 2.43. The number of hydrogen-bond donors (Lipinski definition) is 0. The standard InChI is InChI=1S/C22H30N2O3/c1-23(16-21-4-3-13-26-21)19-14-22(27-17-19)9-11-24(12-10-22)15-18-5-7-20(25-2)8-6-18/h3-8,13,19H,9-12,14-17H2,1-2H3. The lowest BCUT2D eigenvalue weighted by Gasteiger charge is -2.39. The number of methoxy groups -OCH3 is 1. The summed E-state index contributed by atoms with van der Waals surface area (Å²) in [5.74, 6) is 1.94. The van der Waals surface area contributed by atoms with Crippen LogP contribution in [-0.2, 0) is 17.8 Å². The lowest BCUT2D eigenvalue weighted by molar-refractivity contribution is -0.0452. The SMILES string of the molecule is COc1ccc(CN2CCC3(CC2)CC(N(C)Cc2ccco2)CO3)cc1. The van der Waals surface area contributed by atoms with Crippen molar-refractivity contribution >= 4 is 0 Å². The Morgan fingerprint density at radius 2 is 1.96 bits per heavy atom. The minimum atomic E-state index is 0.0680. The molecule has 1 aromatic heterocycles. The third-order valence-corrected chi connectivity index (χ3v) is 6.13. The summed E-state index contributed by atoms with van der Waals surface area (Å²) in [4.78, 5) is 4.91. The smallest absolute Gasteiger partial charge is 0.118 e. The molecule has 1 atom stereocenters. The molecule has 2 aliphatic rings. The number of ether oxygens (including phenoxy) is 2. The number of nitrogens with zero attached hydrogens (tertiary/aromatic N) is 2. The Labute approximate surface area is 161 Å². The Morgan fingerprint density at radius 3 is 2.63 bits per heavy atom. The molecular weight excluding hydrogens is 340 g/mol. The molecule has 0 saturated carbocycles. The molecule has 0 amide bonds. The number of hydrogen-bond acceptors (Lipinski definition) is 5. The molecule has 146 valence electrons. The van der Waals surface area contributed by atoms with E-state index in [-0.39, 0.29) is 5.60 Å². The molecule has 0 N–H and O–H groups in total. The van der Waals surface area contributed by atoms with Crippen molar-refractivity contribution in [1.82, 2.24) is 9.80 Å². The molecule has 2 aromatic rings. The molecule has 4 rings (SSSR count). The normalized spacial score (nSPS) is 22.6. The zero-order chi connectivity index (χ0) is 18.7. The van der Waals surface area contributed by atoms with Crippen molar-refractivity contribution < 1.29 is 13.9 Å². The first-order valence-electron chi connectivity index (χ1n) is 9.88. The molecule has 2 fully saturated rings. The molecule has 5 heteroatoms. The Kier molecular flexibility index (Phi) is 5.53. The lowest BCUT2D eigenvalue weighted by atomic mass is 9.87. The van der Waals surface area contributed by atoms with E-state index in [1.54, 1.807) is 13.4 Å². The minimum Gasteiger partial charge on any atom is -0.497 e. The summed E-state index contributed by atoms with van der Waals surface area (Å²) in [6.07, 6.45) is 5.11. The van der Waals surface area contributed by atoms with Crippen molar-refractivity contribution in [2.24, 2.45) is 0 Å². The average molecular weight is 370 g/mol. The highest BCUT2D eigenvalue weighted by Crippen LogP contribution is 2.38. The number of piperidine rings is 1. The van der Waals surface area contributed by atoms with Crippen LogP contribution in [0.5, 0.6) is 5.75 Å². The molecule has 0 radical (unpaired) electrons. The van der Waals surface area contributed by atoms with Crippen LogP contribution in [0.1, 0.15) is 30.6 Å². The van der Waals surface area contributed by atoms with Crippen LogP contribution in [0.4, 0.5) is 0 Å². The molecule has 1 aromatic carbocycles. The van der Waals surface area contributed by atoms with Crippen LogP contribution >= 0.6 is 0 Å². The maximum atomic E-state index is 6.35. The molecular formula is C22H30N2O3. The topological polar surface area (TPSA) is 38.1 Å². The first-order valence-corrected chi connectivity index (χ1v) is 9.88. The summed E-state index contributed by atoms with van der Waals surface area (Å²) in [6, 6.07) is 12.9. The minimum absolute atomic E-state index is 0.0680. The monoisotopic (exact) mass is 370 g/mol. The van der Waals surface area contributed by atoms with Gasteiger partial charge in [-0.3, -0.25) is 9.80 Å². The van der Waals surface area contributed by atoms with Gasteiger partial charge in [-0.1, -0.05) is 12.1 Å². The van der Waals surface area contributed by atoms with E-state index < -0.39 is 0 Å². The summed E-state index contributed by atoms with van der Waals surface area (Å²) in [6.45, 7) is 4.87. The van der Waals surface area contributed by atoms with Crippen LogP contribution in [0.2, 0.25) is 0 Å². The first-order chi connectivity index (χ1) is 13.2. The second-order valence-electron chi connectivity index (χ2n) is 7.97. The van der Waals surface area contributed by atoms with Gasteiger partial charge in [-0.25, -0.2) is 0 Å². The summed E-state index contributed by atoms with van der Waals surface area (Å²) in [5.41, 5.74) is 1.41. The van der Waals surface area contributed by atoms with Crippen LogP contribution in [-0.4, -0.2) is 55.3 Å². The van der Waals surface area contributed by atoms with Crippen molar-refractivity contribution in [2.75, 3.05) is 33.9 Å². The fourth-order valence-corrected chi connectivity index (χ4v) is 4.34. The molecule has 3 heterocycles. The number of rotatable bonds is 6. The predicted molar refractivity (Wildman–Crippen MR) is 105 cm³/mol. The van der Waals surface area contributed by atoms with Gasteiger partial charge >= 0.3 is 0 Å². The Balaban J connectivity index is 1.27. The van der Waals surface area contributed by atoms with E-state index in [0.717, 1.165) is 63.6 Å². The van der Waals surface area contributed by atoms with E-state index >= 15 is 0 Å². The maximum absolute atomic E-state index is 6.35. The van der Waals surface area contributed by atoms with E-state index in [0.29, 0.717) is 6.04 Å². The summed E-state index contributed by atoms with van der Waals surface area (Å²) >= 11 is 0. The summed E-state index contributed by atoms with van der Waals surface area (Å²) in [5, 5.41) is 0. The fourth-order valence-electron chi connectivity index (χ4n) is 4.34. The molecule has 27 heavy (non-hydrogen) atoms. The average Bonchev–Trinajstić information content (AvgIpc) is 3.35. The highest BCUT2D eigenvalue weighted by molar-refractivity contribution is 5.27. The lowest BCUT2D eigenvalue weighted by Crippen LogP contribution is -2.44. The second kappa shape index (κ2) is 8.05. The van der Waals surface area contributed by atoms with Gasteiger partial charge in [-0.2, -0.15) is 0 Å².